The van der Waals surface area contributed by atoms with E-state index in [1.165, 1.54) is 11.1 Å². The number of nitrogens with one attached hydrogen (secondary N) is 1. The van der Waals surface area contributed by atoms with Crippen LogP contribution >= 0.6 is 0 Å². The zero-order valence-corrected chi connectivity index (χ0v) is 15.1. The maximum Gasteiger partial charge on any atom is 0.280 e. The fourth-order valence-corrected chi connectivity index (χ4v) is 3.86. The van der Waals surface area contributed by atoms with Crippen LogP contribution in [0.2, 0.25) is 0 Å². The van der Waals surface area contributed by atoms with Crippen LogP contribution in [-0.4, -0.2) is 24.6 Å². The van der Waals surface area contributed by atoms with Crippen molar-refractivity contribution >= 4 is 23.2 Å². The summed E-state index contributed by atoms with van der Waals surface area (Å²) in [4.78, 5) is 22.7. The number of aromatic amines is 1. The Balaban J connectivity index is 1.73. The van der Waals surface area contributed by atoms with Crippen LogP contribution in [0, 0.1) is 13.8 Å². The van der Waals surface area contributed by atoms with E-state index in [4.69, 9.17) is 5.73 Å². The standard InChI is InChI=1S/C19H21N5O2/c1-9-6-13-10(2)12(11(3)16(25)14(13)7-9)4-5-24-8-21-15-17(24)22-19(20)23-18(15)26/h6,8,25H,4-5,7H2,1-3H3,(H3,20,22,23,26). The lowest BCUT2D eigenvalue weighted by molar-refractivity contribution is 0.463. The number of rotatable bonds is 3. The number of fused-ring (bicyclic) bond motifs is 2. The summed E-state index contributed by atoms with van der Waals surface area (Å²) in [6, 6.07) is 0. The van der Waals surface area contributed by atoms with Crippen LogP contribution in [0.15, 0.2) is 16.7 Å². The van der Waals surface area contributed by atoms with Crippen molar-refractivity contribution in [1.29, 1.82) is 0 Å². The number of nitrogen functional groups attached to an aromatic ring is 1. The lowest BCUT2D eigenvalue weighted by Crippen LogP contribution is -2.13. The largest absolute Gasteiger partial charge is 0.507 e. The highest BCUT2D eigenvalue weighted by Gasteiger charge is 2.22. The first-order valence-corrected chi connectivity index (χ1v) is 8.58. The van der Waals surface area contributed by atoms with Crippen molar-refractivity contribution in [2.45, 2.75) is 40.2 Å². The van der Waals surface area contributed by atoms with Gasteiger partial charge in [-0.2, -0.15) is 4.98 Å². The van der Waals surface area contributed by atoms with Gasteiger partial charge in [0.25, 0.3) is 5.56 Å². The number of anilines is 1. The van der Waals surface area contributed by atoms with E-state index in [0.717, 1.165) is 28.7 Å². The van der Waals surface area contributed by atoms with Gasteiger partial charge in [-0.3, -0.25) is 9.78 Å². The molecule has 26 heavy (non-hydrogen) atoms. The lowest BCUT2D eigenvalue weighted by atomic mass is 9.91. The summed E-state index contributed by atoms with van der Waals surface area (Å²) in [6.45, 7) is 6.73. The summed E-state index contributed by atoms with van der Waals surface area (Å²) < 4.78 is 1.82. The number of nitrogens with two attached hydrogens (primary N) is 1. The fraction of sp³-hybridized carbons (Fsp3) is 0.316. The van der Waals surface area contributed by atoms with Gasteiger partial charge in [0.1, 0.15) is 5.75 Å². The molecule has 3 aromatic rings. The fourth-order valence-electron chi connectivity index (χ4n) is 3.86. The highest BCUT2D eigenvalue weighted by molar-refractivity contribution is 5.73. The Morgan fingerprint density at radius 2 is 2.08 bits per heavy atom. The van der Waals surface area contributed by atoms with Crippen molar-refractivity contribution in [3.05, 3.63) is 50.1 Å². The maximum atomic E-state index is 11.9. The quantitative estimate of drug-likeness (QED) is 0.670. The SMILES string of the molecule is CC1=Cc2c(C)c(CCn3cnc4c(=O)[nH]c(N)nc43)c(C)c(O)c2C1. The minimum atomic E-state index is -0.339. The van der Waals surface area contributed by atoms with Crippen molar-refractivity contribution in [2.75, 3.05) is 5.73 Å². The lowest BCUT2D eigenvalue weighted by Gasteiger charge is -2.17. The molecule has 0 fully saturated rings. The summed E-state index contributed by atoms with van der Waals surface area (Å²) in [6.07, 6.45) is 5.27. The predicted molar refractivity (Wildman–Crippen MR) is 101 cm³/mol. The summed E-state index contributed by atoms with van der Waals surface area (Å²) in [5.74, 6) is 0.468. The number of aromatic hydroxyl groups is 1. The van der Waals surface area contributed by atoms with Crippen LogP contribution in [-0.2, 0) is 19.4 Å². The molecule has 0 aliphatic heterocycles. The number of nitrogens with zero attached hydrogens (tertiary/aromatic N) is 3. The molecule has 2 heterocycles. The van der Waals surface area contributed by atoms with Gasteiger partial charge in [0.05, 0.1) is 6.33 Å². The van der Waals surface area contributed by atoms with Gasteiger partial charge in [0.15, 0.2) is 11.2 Å². The number of hydrogen-bond donors (Lipinski definition) is 3. The van der Waals surface area contributed by atoms with Gasteiger partial charge in [-0.1, -0.05) is 11.6 Å². The number of aromatic nitrogens is 4. The molecule has 0 amide bonds. The topological polar surface area (TPSA) is 110 Å². The molecule has 0 radical (unpaired) electrons. The number of aryl methyl sites for hydroxylation is 1. The second-order valence-electron chi connectivity index (χ2n) is 6.95. The second kappa shape index (κ2) is 5.72. The van der Waals surface area contributed by atoms with Crippen LogP contribution in [0.4, 0.5) is 5.95 Å². The van der Waals surface area contributed by atoms with Gasteiger partial charge < -0.3 is 15.4 Å². The highest BCUT2D eigenvalue weighted by Crippen LogP contribution is 2.39. The number of benzene rings is 1. The molecule has 1 aliphatic carbocycles. The molecule has 0 unspecified atom stereocenters. The van der Waals surface area contributed by atoms with Crippen LogP contribution in [0.25, 0.3) is 17.2 Å². The van der Waals surface area contributed by atoms with Gasteiger partial charge in [0.2, 0.25) is 5.95 Å². The van der Waals surface area contributed by atoms with E-state index in [0.29, 0.717) is 24.4 Å². The monoisotopic (exact) mass is 351 g/mol. The molecule has 0 bridgehead atoms. The van der Waals surface area contributed by atoms with Crippen molar-refractivity contribution in [2.24, 2.45) is 0 Å². The van der Waals surface area contributed by atoms with Gasteiger partial charge in [-0.15, -0.1) is 0 Å². The van der Waals surface area contributed by atoms with Gasteiger partial charge >= 0.3 is 0 Å². The van der Waals surface area contributed by atoms with E-state index in [2.05, 4.69) is 34.9 Å². The third kappa shape index (κ3) is 2.39. The van der Waals surface area contributed by atoms with Gasteiger partial charge in [0, 0.05) is 12.1 Å². The molecule has 7 heteroatoms. The van der Waals surface area contributed by atoms with Crippen LogP contribution in [0.3, 0.4) is 0 Å². The van der Waals surface area contributed by atoms with Gasteiger partial charge in [-0.25, -0.2) is 4.98 Å². The normalized spacial score (nSPS) is 13.3. The van der Waals surface area contributed by atoms with E-state index in [-0.39, 0.29) is 17.0 Å². The molecule has 4 N–H and O–H groups in total. The molecule has 0 atom stereocenters. The molecule has 0 saturated carbocycles. The molecule has 0 spiro atoms. The summed E-state index contributed by atoms with van der Waals surface area (Å²) in [5.41, 5.74) is 12.7. The Morgan fingerprint density at radius 3 is 2.85 bits per heavy atom. The van der Waals surface area contributed by atoms with E-state index >= 15 is 0 Å². The first-order valence-electron chi connectivity index (χ1n) is 8.58. The average Bonchev–Trinajstić information content (AvgIpc) is 3.17. The molecule has 134 valence electrons. The number of H-pyrrole nitrogens is 1. The van der Waals surface area contributed by atoms with E-state index in [1.807, 2.05) is 11.5 Å². The number of allylic oxidation sites excluding steroid dienone is 1. The van der Waals surface area contributed by atoms with Crippen molar-refractivity contribution < 1.29 is 5.11 Å². The summed E-state index contributed by atoms with van der Waals surface area (Å²) >= 11 is 0. The third-order valence-corrected chi connectivity index (χ3v) is 5.22. The molecular weight excluding hydrogens is 330 g/mol. The Kier molecular flexibility index (Phi) is 3.61. The van der Waals surface area contributed by atoms with E-state index < -0.39 is 0 Å². The number of phenolic OH excluding ortho intramolecular Hbond substituents is 1. The molecule has 0 saturated heterocycles. The first kappa shape index (κ1) is 16.4. The minimum Gasteiger partial charge on any atom is -0.507 e. The zero-order valence-electron chi connectivity index (χ0n) is 15.1. The zero-order chi connectivity index (χ0) is 18.6. The number of imidazole rings is 1. The molecule has 1 aliphatic rings. The average molecular weight is 351 g/mol. The third-order valence-electron chi connectivity index (χ3n) is 5.22. The molecule has 4 rings (SSSR count). The van der Waals surface area contributed by atoms with Crippen molar-refractivity contribution in [1.82, 2.24) is 19.5 Å². The Labute approximate surface area is 150 Å². The van der Waals surface area contributed by atoms with Gasteiger partial charge in [-0.05, 0) is 55.9 Å². The minimum absolute atomic E-state index is 0.0763. The Hall–Kier alpha value is -3.09. The van der Waals surface area contributed by atoms with Crippen molar-refractivity contribution in [3.8, 4) is 5.75 Å². The number of phenols is 1. The molecular formula is C19H21N5O2. The maximum absolute atomic E-state index is 11.9. The Morgan fingerprint density at radius 1 is 1.31 bits per heavy atom. The predicted octanol–water partition coefficient (Wildman–Crippen LogP) is 2.23. The summed E-state index contributed by atoms with van der Waals surface area (Å²) in [5, 5.41) is 10.6. The summed E-state index contributed by atoms with van der Waals surface area (Å²) in [7, 11) is 0. The molecule has 2 aromatic heterocycles. The molecule has 7 nitrogen and oxygen atoms in total. The Bertz CT molecular complexity index is 1140. The van der Waals surface area contributed by atoms with E-state index in [9.17, 15) is 9.90 Å². The first-order chi connectivity index (χ1) is 12.4. The van der Waals surface area contributed by atoms with Crippen molar-refractivity contribution in [3.63, 3.8) is 0 Å². The van der Waals surface area contributed by atoms with Crippen LogP contribution in [0.5, 0.6) is 5.75 Å². The van der Waals surface area contributed by atoms with E-state index in [1.54, 1.807) is 6.33 Å². The second-order valence-corrected chi connectivity index (χ2v) is 6.95. The van der Waals surface area contributed by atoms with Crippen LogP contribution < -0.4 is 11.3 Å². The van der Waals surface area contributed by atoms with Crippen LogP contribution in [0.1, 0.15) is 34.7 Å². The number of hydrogen-bond acceptors (Lipinski definition) is 5. The smallest absolute Gasteiger partial charge is 0.280 e. The highest BCUT2D eigenvalue weighted by atomic mass is 16.3. The molecule has 1 aromatic carbocycles.